The van der Waals surface area contributed by atoms with Gasteiger partial charge in [-0.15, -0.1) is 0 Å². The molecule has 1 N–H and O–H groups in total. The van der Waals surface area contributed by atoms with Gasteiger partial charge in [0.2, 0.25) is 0 Å². The van der Waals surface area contributed by atoms with E-state index in [2.05, 4.69) is 5.32 Å². The summed E-state index contributed by atoms with van der Waals surface area (Å²) < 4.78 is 2.58. The van der Waals surface area contributed by atoms with Gasteiger partial charge < -0.3 is 5.32 Å². The van der Waals surface area contributed by atoms with Crippen LogP contribution in [0, 0.1) is 0 Å². The monoisotopic (exact) mass is 303 g/mol. The maximum atomic E-state index is 12.5. The van der Waals surface area contributed by atoms with E-state index in [1.165, 1.54) is 11.6 Å². The fourth-order valence-electron chi connectivity index (χ4n) is 2.62. The van der Waals surface area contributed by atoms with Crippen molar-refractivity contribution < 1.29 is 0 Å². The molecule has 1 aliphatic heterocycles. The summed E-state index contributed by atoms with van der Waals surface area (Å²) in [5, 5.41) is 3.73. The first-order chi connectivity index (χ1) is 10.0. The number of nitrogens with zero attached hydrogens (tertiary/aromatic N) is 2. The smallest absolute Gasteiger partial charge is 0.330 e. The Kier molecular flexibility index (Phi) is 3.22. The van der Waals surface area contributed by atoms with Crippen LogP contribution in [0.2, 0.25) is 5.02 Å². The minimum atomic E-state index is -0.371. The number of rotatable bonds is 1. The van der Waals surface area contributed by atoms with Crippen LogP contribution < -0.4 is 16.6 Å². The van der Waals surface area contributed by atoms with Crippen molar-refractivity contribution in [2.45, 2.75) is 6.04 Å². The first-order valence-electron chi connectivity index (χ1n) is 6.49. The highest BCUT2D eigenvalue weighted by Gasteiger charge is 2.26. The Morgan fingerprint density at radius 3 is 2.57 bits per heavy atom. The lowest BCUT2D eigenvalue weighted by Crippen LogP contribution is -2.43. The molecule has 21 heavy (non-hydrogen) atoms. The molecule has 5 nitrogen and oxygen atoms in total. The molecule has 0 fully saturated rings. The van der Waals surface area contributed by atoms with Gasteiger partial charge in [-0.25, -0.2) is 4.79 Å². The zero-order valence-corrected chi connectivity index (χ0v) is 12.4. The van der Waals surface area contributed by atoms with Gasteiger partial charge in [0.15, 0.2) is 0 Å². The van der Waals surface area contributed by atoms with Crippen LogP contribution in [0.1, 0.15) is 22.9 Å². The topological polar surface area (TPSA) is 56.0 Å². The Morgan fingerprint density at radius 1 is 1.14 bits per heavy atom. The quantitative estimate of drug-likeness (QED) is 0.866. The van der Waals surface area contributed by atoms with Gasteiger partial charge in [-0.1, -0.05) is 29.8 Å². The van der Waals surface area contributed by atoms with Crippen molar-refractivity contribution in [3.8, 4) is 0 Å². The van der Waals surface area contributed by atoms with Crippen molar-refractivity contribution in [2.24, 2.45) is 14.1 Å². The summed E-state index contributed by atoms with van der Waals surface area (Å²) >= 11 is 6.25. The first kappa shape index (κ1) is 13.7. The zero-order chi connectivity index (χ0) is 15.1. The molecular weight excluding hydrogens is 290 g/mol. The highest BCUT2D eigenvalue weighted by Crippen LogP contribution is 2.30. The van der Waals surface area contributed by atoms with E-state index in [0.29, 0.717) is 16.3 Å². The summed E-state index contributed by atoms with van der Waals surface area (Å²) in [7, 11) is 3.13. The Morgan fingerprint density at radius 2 is 1.86 bits per heavy atom. The number of fused-ring (bicyclic) bond motifs is 1. The molecule has 1 aromatic heterocycles. The third-order valence-electron chi connectivity index (χ3n) is 3.76. The zero-order valence-electron chi connectivity index (χ0n) is 11.6. The minimum Gasteiger partial charge on any atom is -0.380 e. The van der Waals surface area contributed by atoms with Crippen molar-refractivity contribution in [1.29, 1.82) is 0 Å². The fourth-order valence-corrected chi connectivity index (χ4v) is 2.86. The molecule has 6 heteroatoms. The Balaban J connectivity index is 2.34. The molecule has 1 aromatic carbocycles. The fraction of sp³-hybridized carbons (Fsp3) is 0.200. The predicted octanol–water partition coefficient (Wildman–Crippen LogP) is 1.40. The molecule has 2 heterocycles. The lowest BCUT2D eigenvalue weighted by Gasteiger charge is -2.25. The summed E-state index contributed by atoms with van der Waals surface area (Å²) in [4.78, 5) is 24.5. The van der Waals surface area contributed by atoms with E-state index in [1.54, 1.807) is 25.4 Å². The summed E-state index contributed by atoms with van der Waals surface area (Å²) in [5.41, 5.74) is 1.28. The Bertz CT molecular complexity index is 864. The molecule has 0 bridgehead atoms. The average Bonchev–Trinajstić information content (AvgIpc) is 2.50. The molecule has 3 rings (SSSR count). The molecule has 0 spiro atoms. The number of nitrogens with one attached hydrogen (secondary N) is 1. The Labute approximate surface area is 126 Å². The van der Waals surface area contributed by atoms with Crippen LogP contribution in [0.3, 0.4) is 0 Å². The molecule has 2 aromatic rings. The second-order valence-electron chi connectivity index (χ2n) is 4.96. The lowest BCUT2D eigenvalue weighted by molar-refractivity contribution is 0.616. The summed E-state index contributed by atoms with van der Waals surface area (Å²) in [5.74, 6) is 0. The number of hydrogen-bond acceptors (Lipinski definition) is 3. The highest BCUT2D eigenvalue weighted by molar-refractivity contribution is 6.31. The average molecular weight is 304 g/mol. The number of benzene rings is 1. The normalized spacial score (nSPS) is 16.4. The molecule has 0 amide bonds. The van der Waals surface area contributed by atoms with Gasteiger partial charge in [0, 0.05) is 19.1 Å². The van der Waals surface area contributed by atoms with E-state index in [9.17, 15) is 9.59 Å². The van der Waals surface area contributed by atoms with Gasteiger partial charge in [-0.05, 0) is 23.9 Å². The van der Waals surface area contributed by atoms with Gasteiger partial charge in [0.1, 0.15) is 0 Å². The van der Waals surface area contributed by atoms with Gasteiger partial charge in [-0.3, -0.25) is 13.9 Å². The van der Waals surface area contributed by atoms with E-state index in [-0.39, 0.29) is 17.3 Å². The molecule has 108 valence electrons. The number of halogens is 1. The van der Waals surface area contributed by atoms with Crippen LogP contribution in [-0.4, -0.2) is 9.13 Å². The van der Waals surface area contributed by atoms with E-state index in [0.717, 1.165) is 10.1 Å². The second kappa shape index (κ2) is 4.93. The van der Waals surface area contributed by atoms with Crippen molar-refractivity contribution in [3.63, 3.8) is 0 Å². The van der Waals surface area contributed by atoms with Gasteiger partial charge >= 0.3 is 5.69 Å². The number of hydrogen-bond donors (Lipinski definition) is 1. The lowest BCUT2D eigenvalue weighted by atomic mass is 9.96. The minimum absolute atomic E-state index is 0.310. The van der Waals surface area contributed by atoms with Crippen molar-refractivity contribution in [1.82, 2.24) is 14.5 Å². The SMILES string of the molecule is Cn1c2c(c(=O)n(C)c1=O)C(c1ccccc1Cl)NC=C2. The van der Waals surface area contributed by atoms with Crippen LogP contribution in [0.15, 0.2) is 40.1 Å². The van der Waals surface area contributed by atoms with Crippen molar-refractivity contribution in [2.75, 3.05) is 0 Å². The first-order valence-corrected chi connectivity index (χ1v) is 6.87. The molecule has 1 atom stereocenters. The summed E-state index contributed by atoms with van der Waals surface area (Å²) in [6.45, 7) is 0. The van der Waals surface area contributed by atoms with E-state index in [4.69, 9.17) is 11.6 Å². The third kappa shape index (κ3) is 2.01. The summed E-state index contributed by atoms with van der Waals surface area (Å²) in [6, 6.07) is 6.98. The van der Waals surface area contributed by atoms with E-state index < -0.39 is 0 Å². The van der Waals surface area contributed by atoms with Crippen LogP contribution in [0.5, 0.6) is 0 Å². The van der Waals surface area contributed by atoms with E-state index >= 15 is 0 Å². The van der Waals surface area contributed by atoms with Gasteiger partial charge in [0.05, 0.1) is 17.3 Å². The Hall–Kier alpha value is -2.27. The molecule has 1 aliphatic rings. The van der Waals surface area contributed by atoms with Gasteiger partial charge in [-0.2, -0.15) is 0 Å². The van der Waals surface area contributed by atoms with E-state index in [1.807, 2.05) is 18.2 Å². The van der Waals surface area contributed by atoms with Crippen molar-refractivity contribution >= 4 is 17.7 Å². The third-order valence-corrected chi connectivity index (χ3v) is 4.10. The molecule has 0 saturated carbocycles. The molecule has 1 unspecified atom stereocenters. The predicted molar refractivity (Wildman–Crippen MR) is 82.4 cm³/mol. The maximum Gasteiger partial charge on any atom is 0.330 e. The highest BCUT2D eigenvalue weighted by atomic mass is 35.5. The largest absolute Gasteiger partial charge is 0.380 e. The molecule has 0 saturated heterocycles. The molecule has 0 radical (unpaired) electrons. The second-order valence-corrected chi connectivity index (χ2v) is 5.37. The summed E-state index contributed by atoms with van der Waals surface area (Å²) in [6.07, 6.45) is 3.46. The standard InChI is InChI=1S/C15H14ClN3O2/c1-18-11-7-8-17-13(9-5-3-4-6-10(9)16)12(11)14(20)19(2)15(18)21/h3-8,13,17H,1-2H3. The molecular formula is C15H14ClN3O2. The maximum absolute atomic E-state index is 12.5. The van der Waals surface area contributed by atoms with Gasteiger partial charge in [0.25, 0.3) is 5.56 Å². The van der Waals surface area contributed by atoms with Crippen molar-refractivity contribution in [3.05, 3.63) is 73.1 Å². The van der Waals surface area contributed by atoms with Crippen LogP contribution in [0.25, 0.3) is 6.08 Å². The molecule has 0 aliphatic carbocycles. The number of aromatic nitrogens is 2. The van der Waals surface area contributed by atoms with Crippen LogP contribution in [-0.2, 0) is 14.1 Å². The van der Waals surface area contributed by atoms with Crippen LogP contribution >= 0.6 is 11.6 Å². The van der Waals surface area contributed by atoms with Crippen LogP contribution in [0.4, 0.5) is 0 Å².